The van der Waals surface area contributed by atoms with E-state index in [4.69, 9.17) is 0 Å². The Morgan fingerprint density at radius 2 is 1.81 bits per heavy atom. The second-order valence-corrected chi connectivity index (χ2v) is 5.94. The summed E-state index contributed by atoms with van der Waals surface area (Å²) < 4.78 is 0. The highest BCUT2D eigenvalue weighted by atomic mass is 16.6. The van der Waals surface area contributed by atoms with Gasteiger partial charge in [0.15, 0.2) is 0 Å². The number of nitro groups is 1. The molecule has 2 rings (SSSR count). The standard InChI is InChI=1S/C20H21N3O4/c1-3-16-6-4-5-7-18(16)21-19(24)14-22(2)20(25)13-10-15-8-11-17(12-9-15)23(26)27/h4-13H,3,14H2,1-2H3,(H,21,24). The van der Waals surface area contributed by atoms with Crippen LogP contribution in [0.25, 0.3) is 6.08 Å². The van der Waals surface area contributed by atoms with Gasteiger partial charge in [-0.15, -0.1) is 0 Å². The predicted molar refractivity (Wildman–Crippen MR) is 104 cm³/mol. The Morgan fingerprint density at radius 1 is 1.15 bits per heavy atom. The van der Waals surface area contributed by atoms with E-state index in [9.17, 15) is 19.7 Å². The summed E-state index contributed by atoms with van der Waals surface area (Å²) in [6.07, 6.45) is 3.67. The molecule has 0 aromatic heterocycles. The first-order chi connectivity index (χ1) is 12.9. The van der Waals surface area contributed by atoms with Crippen LogP contribution in [0.15, 0.2) is 54.6 Å². The number of carbonyl (C=O) groups excluding carboxylic acids is 2. The van der Waals surface area contributed by atoms with Gasteiger partial charge in [0.2, 0.25) is 11.8 Å². The Hall–Kier alpha value is -3.48. The second-order valence-electron chi connectivity index (χ2n) is 5.94. The van der Waals surface area contributed by atoms with Crippen molar-refractivity contribution >= 4 is 29.3 Å². The van der Waals surface area contributed by atoms with Crippen LogP contribution in [0.4, 0.5) is 11.4 Å². The lowest BCUT2D eigenvalue weighted by Crippen LogP contribution is -2.34. The van der Waals surface area contributed by atoms with Gasteiger partial charge in [-0.3, -0.25) is 19.7 Å². The molecule has 2 amide bonds. The van der Waals surface area contributed by atoms with E-state index in [1.165, 1.54) is 30.2 Å². The minimum absolute atomic E-state index is 0.0142. The topological polar surface area (TPSA) is 92.6 Å². The first kappa shape index (κ1) is 19.8. The maximum atomic E-state index is 12.2. The molecule has 2 aromatic rings. The second kappa shape index (κ2) is 9.28. The molecule has 0 heterocycles. The number of nitrogens with one attached hydrogen (secondary N) is 1. The van der Waals surface area contributed by atoms with Crippen LogP contribution in [0, 0.1) is 10.1 Å². The van der Waals surface area contributed by atoms with E-state index in [1.807, 2.05) is 31.2 Å². The van der Waals surface area contributed by atoms with Crippen molar-refractivity contribution in [2.24, 2.45) is 0 Å². The number of amides is 2. The number of hydrogen-bond acceptors (Lipinski definition) is 4. The zero-order valence-electron chi connectivity index (χ0n) is 15.2. The van der Waals surface area contributed by atoms with Crippen molar-refractivity contribution < 1.29 is 14.5 Å². The summed E-state index contributed by atoms with van der Waals surface area (Å²) in [6, 6.07) is 13.4. The van der Waals surface area contributed by atoms with E-state index in [2.05, 4.69) is 5.32 Å². The summed E-state index contributed by atoms with van der Waals surface area (Å²) in [5.41, 5.74) is 2.41. The summed E-state index contributed by atoms with van der Waals surface area (Å²) >= 11 is 0. The Balaban J connectivity index is 1.92. The molecular formula is C20H21N3O4. The third-order valence-corrected chi connectivity index (χ3v) is 3.95. The third kappa shape index (κ3) is 5.78. The number of nitrogens with zero attached hydrogens (tertiary/aromatic N) is 2. The minimum atomic E-state index is -0.484. The summed E-state index contributed by atoms with van der Waals surface area (Å²) in [5, 5.41) is 13.4. The van der Waals surface area contributed by atoms with Crippen molar-refractivity contribution in [2.75, 3.05) is 18.9 Å². The van der Waals surface area contributed by atoms with E-state index >= 15 is 0 Å². The lowest BCUT2D eigenvalue weighted by atomic mass is 10.1. The van der Waals surface area contributed by atoms with Gasteiger partial charge in [0.25, 0.3) is 5.69 Å². The summed E-state index contributed by atoms with van der Waals surface area (Å²) in [7, 11) is 1.54. The van der Waals surface area contributed by atoms with Gasteiger partial charge in [-0.25, -0.2) is 0 Å². The van der Waals surface area contributed by atoms with Gasteiger partial charge >= 0.3 is 0 Å². The molecule has 0 bridgehead atoms. The van der Waals surface area contributed by atoms with Crippen LogP contribution in [-0.4, -0.2) is 35.2 Å². The number of para-hydroxylation sites is 1. The number of likely N-dealkylation sites (N-methyl/N-ethyl adjacent to an activating group) is 1. The van der Waals surface area contributed by atoms with Crippen LogP contribution in [0.3, 0.4) is 0 Å². The maximum Gasteiger partial charge on any atom is 0.269 e. The van der Waals surface area contributed by atoms with Gasteiger partial charge in [-0.2, -0.15) is 0 Å². The molecule has 2 aromatic carbocycles. The largest absolute Gasteiger partial charge is 0.333 e. The minimum Gasteiger partial charge on any atom is -0.333 e. The molecule has 0 saturated carbocycles. The molecule has 0 radical (unpaired) electrons. The highest BCUT2D eigenvalue weighted by Crippen LogP contribution is 2.15. The van der Waals surface area contributed by atoms with Crippen molar-refractivity contribution in [1.82, 2.24) is 4.90 Å². The van der Waals surface area contributed by atoms with E-state index in [0.29, 0.717) is 5.56 Å². The van der Waals surface area contributed by atoms with Crippen LogP contribution in [0.5, 0.6) is 0 Å². The first-order valence-corrected chi connectivity index (χ1v) is 8.46. The fourth-order valence-corrected chi connectivity index (χ4v) is 2.44. The number of anilines is 1. The van der Waals surface area contributed by atoms with E-state index < -0.39 is 4.92 Å². The van der Waals surface area contributed by atoms with Crippen molar-refractivity contribution in [3.8, 4) is 0 Å². The zero-order chi connectivity index (χ0) is 19.8. The quantitative estimate of drug-likeness (QED) is 0.462. The molecular weight excluding hydrogens is 346 g/mol. The molecule has 1 N–H and O–H groups in total. The Labute approximate surface area is 157 Å². The molecule has 0 aliphatic rings. The summed E-state index contributed by atoms with van der Waals surface area (Å²) in [6.45, 7) is 1.92. The molecule has 0 fully saturated rings. The highest BCUT2D eigenvalue weighted by molar-refractivity contribution is 5.98. The molecule has 7 nitrogen and oxygen atoms in total. The van der Waals surface area contributed by atoms with E-state index in [1.54, 1.807) is 18.2 Å². The molecule has 0 saturated heterocycles. The van der Waals surface area contributed by atoms with Gasteiger partial charge in [0, 0.05) is 30.9 Å². The third-order valence-electron chi connectivity index (χ3n) is 3.95. The Morgan fingerprint density at radius 3 is 2.44 bits per heavy atom. The number of benzene rings is 2. The van der Waals surface area contributed by atoms with Gasteiger partial charge in [0.1, 0.15) is 0 Å². The summed E-state index contributed by atoms with van der Waals surface area (Å²) in [5.74, 6) is -0.622. The lowest BCUT2D eigenvalue weighted by Gasteiger charge is -2.16. The average Bonchev–Trinajstić information content (AvgIpc) is 2.66. The van der Waals surface area contributed by atoms with Crippen molar-refractivity contribution in [3.05, 3.63) is 75.8 Å². The number of hydrogen-bond donors (Lipinski definition) is 1. The average molecular weight is 367 g/mol. The van der Waals surface area contributed by atoms with Crippen molar-refractivity contribution in [2.45, 2.75) is 13.3 Å². The van der Waals surface area contributed by atoms with E-state index in [-0.39, 0.29) is 24.0 Å². The molecule has 0 aliphatic carbocycles. The Kier molecular flexibility index (Phi) is 6.82. The summed E-state index contributed by atoms with van der Waals surface area (Å²) in [4.78, 5) is 35.8. The van der Waals surface area contributed by atoms with Crippen LogP contribution in [0.2, 0.25) is 0 Å². The lowest BCUT2D eigenvalue weighted by molar-refractivity contribution is -0.384. The van der Waals surface area contributed by atoms with E-state index in [0.717, 1.165) is 17.7 Å². The molecule has 7 heteroatoms. The van der Waals surface area contributed by atoms with Crippen LogP contribution < -0.4 is 5.32 Å². The number of non-ortho nitro benzene ring substituents is 1. The molecule has 140 valence electrons. The van der Waals surface area contributed by atoms with Crippen LogP contribution >= 0.6 is 0 Å². The number of aryl methyl sites for hydroxylation is 1. The van der Waals surface area contributed by atoms with Crippen LogP contribution in [-0.2, 0) is 16.0 Å². The predicted octanol–water partition coefficient (Wildman–Crippen LogP) is 3.27. The van der Waals surface area contributed by atoms with Gasteiger partial charge in [0.05, 0.1) is 11.5 Å². The van der Waals surface area contributed by atoms with Crippen molar-refractivity contribution in [3.63, 3.8) is 0 Å². The van der Waals surface area contributed by atoms with Gasteiger partial charge in [-0.05, 0) is 41.8 Å². The highest BCUT2D eigenvalue weighted by Gasteiger charge is 2.12. The molecule has 27 heavy (non-hydrogen) atoms. The maximum absolute atomic E-state index is 12.2. The first-order valence-electron chi connectivity index (χ1n) is 8.46. The normalized spacial score (nSPS) is 10.6. The SMILES string of the molecule is CCc1ccccc1NC(=O)CN(C)C(=O)C=Cc1ccc([N+](=O)[O-])cc1. The zero-order valence-corrected chi connectivity index (χ0v) is 15.2. The van der Waals surface area contributed by atoms with Crippen LogP contribution in [0.1, 0.15) is 18.1 Å². The molecule has 0 unspecified atom stereocenters. The Bertz CT molecular complexity index is 860. The van der Waals surface area contributed by atoms with Gasteiger partial charge in [-0.1, -0.05) is 25.1 Å². The van der Waals surface area contributed by atoms with Crippen molar-refractivity contribution in [1.29, 1.82) is 0 Å². The smallest absolute Gasteiger partial charge is 0.269 e. The molecule has 0 atom stereocenters. The fourth-order valence-electron chi connectivity index (χ4n) is 2.44. The number of rotatable bonds is 7. The van der Waals surface area contributed by atoms with Gasteiger partial charge < -0.3 is 10.2 Å². The molecule has 0 spiro atoms. The number of carbonyl (C=O) groups is 2. The molecule has 0 aliphatic heterocycles. The monoisotopic (exact) mass is 367 g/mol. The number of nitro benzene ring substituents is 1. The fraction of sp³-hybridized carbons (Fsp3) is 0.200.